The molecule has 0 fully saturated rings. The zero-order valence-electron chi connectivity index (χ0n) is 26.7. The largest absolute Gasteiger partial charge is 0.435 e. The third kappa shape index (κ3) is 6.48. The molecule has 1 unspecified atom stereocenters. The van der Waals surface area contributed by atoms with Crippen LogP contribution in [-0.4, -0.2) is 106 Å². The third-order valence-electron chi connectivity index (χ3n) is 7.74. The summed E-state index contributed by atoms with van der Waals surface area (Å²) in [6.45, 7) is -3.62. The van der Waals surface area contributed by atoms with Crippen molar-refractivity contribution in [1.29, 1.82) is 0 Å². The topological polar surface area (TPSA) is 35.5 Å². The van der Waals surface area contributed by atoms with Crippen molar-refractivity contribution in [1.82, 2.24) is 0 Å². The lowest BCUT2D eigenvalue weighted by Crippen LogP contribution is -2.80. The van der Waals surface area contributed by atoms with Gasteiger partial charge in [-0.3, -0.25) is 4.57 Å². The van der Waals surface area contributed by atoms with Gasteiger partial charge in [-0.05, 0) is 16.0 Å². The minimum absolute atomic E-state index is 1.40. The van der Waals surface area contributed by atoms with Crippen molar-refractivity contribution in [3.63, 3.8) is 0 Å². The van der Waals surface area contributed by atoms with Gasteiger partial charge in [-0.1, -0.05) is 0 Å². The maximum Gasteiger partial charge on any atom is 0.435 e. The van der Waals surface area contributed by atoms with Crippen molar-refractivity contribution in [3.8, 4) is 0 Å². The Morgan fingerprint density at radius 3 is 0.475 bits per heavy atom. The van der Waals surface area contributed by atoms with Crippen LogP contribution in [0.25, 0.3) is 0 Å². The van der Waals surface area contributed by atoms with Gasteiger partial charge in [0.25, 0.3) is 5.41 Å². The standard InChI is InChI=1S/C20H6F37O3P/c1-3(21,22)5(24,25)7(28,29)9(32,33)11(36,37)13(40,41)15(44,45)17(48,49)19(52,53)20(54,55)18(50,51)16(46,47)14(42,43)12(38,39)10(34,35)8(30,31)6(26,27)4(2,23)61(58,59-56)60-57/h1-2H3. The van der Waals surface area contributed by atoms with Gasteiger partial charge in [0.1, 0.15) is 0 Å². The van der Waals surface area contributed by atoms with E-state index >= 15 is 0 Å². The first-order valence-corrected chi connectivity index (χ1v) is 14.5. The van der Waals surface area contributed by atoms with Gasteiger partial charge < -0.3 is 0 Å². The van der Waals surface area contributed by atoms with Crippen molar-refractivity contribution < 1.29 is 177 Å². The van der Waals surface area contributed by atoms with Gasteiger partial charge in [0.05, 0.1) is 0 Å². The molecule has 0 aromatic carbocycles. The SMILES string of the molecule is CC(F)(F)C(F)(F)C(F)(F)C(F)(F)C(F)(F)C(F)(F)C(F)(F)C(F)(F)C(F)(F)C(F)(F)C(F)(F)C(F)(F)C(F)(F)C(F)(F)C(F)(F)C(F)(F)C(F)(F)C(C)(F)P(=O)(OF)OF. The highest BCUT2D eigenvalue weighted by atomic mass is 31.2. The lowest BCUT2D eigenvalue weighted by molar-refractivity contribution is -0.491. The number of halogens is 37. The van der Waals surface area contributed by atoms with Crippen LogP contribution in [0.5, 0.6) is 0 Å². The Bertz CT molecular complexity index is 1640. The van der Waals surface area contributed by atoms with Gasteiger partial charge in [-0.25, -0.2) is 4.39 Å². The highest BCUT2D eigenvalue weighted by Crippen LogP contribution is 2.74. The quantitative estimate of drug-likeness (QED) is 0.0900. The van der Waals surface area contributed by atoms with Gasteiger partial charge in [0, 0.05) is 6.92 Å². The van der Waals surface area contributed by atoms with Crippen LogP contribution in [0.2, 0.25) is 0 Å². The summed E-state index contributed by atoms with van der Waals surface area (Å²) in [5, 5.41) is -7.14. The van der Waals surface area contributed by atoms with Crippen molar-refractivity contribution in [2.75, 3.05) is 0 Å². The summed E-state index contributed by atoms with van der Waals surface area (Å²) in [6.07, 6.45) is 0. The molecule has 0 aliphatic heterocycles. The molecule has 0 rings (SSSR count). The number of rotatable bonds is 20. The number of alkyl halides is 35. The lowest BCUT2D eigenvalue weighted by atomic mass is 9.82. The Hall–Kier alpha value is -2.44. The van der Waals surface area contributed by atoms with E-state index in [0.717, 1.165) is 0 Å². The molecule has 3 nitrogen and oxygen atoms in total. The van der Waals surface area contributed by atoms with E-state index in [1.165, 1.54) is 9.46 Å². The molecule has 0 saturated heterocycles. The van der Waals surface area contributed by atoms with Crippen LogP contribution in [-0.2, 0) is 14.0 Å². The molecule has 0 amide bonds. The second-order valence-corrected chi connectivity index (χ2v) is 13.8. The molecule has 0 heterocycles. The number of hydrogen-bond acceptors (Lipinski definition) is 3. The zero-order valence-corrected chi connectivity index (χ0v) is 27.6. The summed E-state index contributed by atoms with van der Waals surface area (Å²) >= 11 is 0. The van der Waals surface area contributed by atoms with Gasteiger partial charge in [-0.2, -0.15) is 149 Å². The number of hydrogen-bond donors (Lipinski definition) is 0. The van der Waals surface area contributed by atoms with E-state index in [2.05, 4.69) is 0 Å². The molecule has 41 heteroatoms. The van der Waals surface area contributed by atoms with Crippen molar-refractivity contribution >= 4 is 7.60 Å². The van der Waals surface area contributed by atoms with Crippen molar-refractivity contribution in [3.05, 3.63) is 0 Å². The molecule has 0 aromatic rings. The van der Waals surface area contributed by atoms with Crippen LogP contribution in [0.1, 0.15) is 13.8 Å². The van der Waals surface area contributed by atoms with Gasteiger partial charge in [0.15, 0.2) is 0 Å². The van der Waals surface area contributed by atoms with E-state index in [1.807, 2.05) is 0 Å². The summed E-state index contributed by atoms with van der Waals surface area (Å²) in [5.74, 6) is -165. The molecule has 0 aliphatic carbocycles. The molecular formula is C20H6F37O3P. The monoisotopic (exact) mass is 1030 g/mol. The fourth-order valence-electron chi connectivity index (χ4n) is 3.63. The minimum Gasteiger partial charge on any atom is -0.251 e. The first kappa shape index (κ1) is 58.6. The van der Waals surface area contributed by atoms with E-state index in [9.17, 15) is 167 Å². The predicted molar refractivity (Wildman–Crippen MR) is 111 cm³/mol. The third-order valence-corrected chi connectivity index (χ3v) is 9.41. The molecule has 0 aromatic heterocycles. The summed E-state index contributed by atoms with van der Waals surface area (Å²) in [7, 11) is -8.27. The first-order chi connectivity index (χ1) is 25.6. The van der Waals surface area contributed by atoms with Crippen LogP contribution in [0.15, 0.2) is 0 Å². The van der Waals surface area contributed by atoms with Gasteiger partial charge >= 0.3 is 108 Å². The molecule has 1 atom stereocenters. The summed E-state index contributed by atoms with van der Waals surface area (Å²) in [4.78, 5) is 0. The lowest BCUT2D eigenvalue weighted by Gasteiger charge is -2.47. The first-order valence-electron chi connectivity index (χ1n) is 12.9. The molecule has 0 saturated carbocycles. The maximum absolute atomic E-state index is 14.1. The van der Waals surface area contributed by atoms with E-state index < -0.39 is 128 Å². The van der Waals surface area contributed by atoms with Crippen LogP contribution < -0.4 is 0 Å². The minimum atomic E-state index is -10.5. The fourth-order valence-corrected chi connectivity index (χ4v) is 4.40. The second kappa shape index (κ2) is 14.3. The Balaban J connectivity index is 7.96. The average Bonchev–Trinajstić information content (AvgIpc) is 3.05. The normalized spacial score (nSPS) is 18.1. The van der Waals surface area contributed by atoms with E-state index in [1.54, 1.807) is 0 Å². The summed E-state index contributed by atoms with van der Waals surface area (Å²) in [5.41, 5.74) is 0. The fraction of sp³-hybridized carbons (Fsp3) is 1.00. The molecular weight excluding hydrogens is 1020 g/mol. The highest BCUT2D eigenvalue weighted by molar-refractivity contribution is 7.55. The zero-order chi connectivity index (χ0) is 50.9. The van der Waals surface area contributed by atoms with E-state index in [-0.39, 0.29) is 0 Å². The van der Waals surface area contributed by atoms with Crippen molar-refractivity contribution in [2.45, 2.75) is 120 Å². The molecule has 0 spiro atoms. The molecule has 368 valence electrons. The second-order valence-electron chi connectivity index (χ2n) is 11.7. The van der Waals surface area contributed by atoms with E-state index in [0.29, 0.717) is 0 Å². The predicted octanol–water partition coefficient (Wildman–Crippen LogP) is 13.5. The van der Waals surface area contributed by atoms with Gasteiger partial charge in [0.2, 0.25) is 0 Å². The van der Waals surface area contributed by atoms with E-state index in [4.69, 9.17) is 0 Å². The molecule has 61 heavy (non-hydrogen) atoms. The highest BCUT2D eigenvalue weighted by Gasteiger charge is 3.02. The summed E-state index contributed by atoms with van der Waals surface area (Å²) < 4.78 is 521. The summed E-state index contributed by atoms with van der Waals surface area (Å²) in [6, 6.07) is 0. The van der Waals surface area contributed by atoms with Crippen molar-refractivity contribution in [2.24, 2.45) is 0 Å². The van der Waals surface area contributed by atoms with Crippen LogP contribution in [0.3, 0.4) is 0 Å². The Morgan fingerprint density at radius 2 is 0.361 bits per heavy atom. The van der Waals surface area contributed by atoms with Crippen LogP contribution >= 0.6 is 7.60 Å². The molecule has 0 aliphatic rings. The maximum atomic E-state index is 14.1. The van der Waals surface area contributed by atoms with Gasteiger partial charge in [-0.15, -0.1) is 9.46 Å². The molecule has 0 N–H and O–H groups in total. The molecule has 0 radical (unpaired) electrons. The Labute approximate surface area is 305 Å². The Kier molecular flexibility index (Phi) is 13.7. The average molecular weight is 1030 g/mol. The molecule has 0 bridgehead atoms. The van der Waals surface area contributed by atoms with Crippen LogP contribution in [0.4, 0.5) is 163 Å². The smallest absolute Gasteiger partial charge is 0.251 e. The Morgan fingerprint density at radius 1 is 0.246 bits per heavy atom. The van der Waals surface area contributed by atoms with Crippen LogP contribution in [0, 0.1) is 0 Å².